The van der Waals surface area contributed by atoms with Crippen LogP contribution in [0, 0.1) is 5.92 Å². The van der Waals surface area contributed by atoms with Gasteiger partial charge in [-0.1, -0.05) is 6.07 Å². The van der Waals surface area contributed by atoms with Gasteiger partial charge in [-0.15, -0.1) is 0 Å². The summed E-state index contributed by atoms with van der Waals surface area (Å²) in [7, 11) is 0. The third kappa shape index (κ3) is 3.37. The fraction of sp³-hybridized carbons (Fsp3) is 0.385. The van der Waals surface area contributed by atoms with Crippen LogP contribution in [0.5, 0.6) is 5.75 Å². The molecule has 1 fully saturated rings. The standard InChI is InChI=1S/C13H17N3O3/c14-12(18)9-4-6-16(7-5-9)13(19)15-10-2-1-3-11(17)8-10/h1-3,8-9,17H,4-7H2,(H2,14,18)(H,15,19). The molecule has 6 heteroatoms. The van der Waals surface area contributed by atoms with Crippen molar-refractivity contribution in [2.45, 2.75) is 12.8 Å². The first-order chi connectivity index (χ1) is 9.06. The minimum absolute atomic E-state index is 0.102. The number of phenolic OH excluding ortho intramolecular Hbond substituents is 1. The lowest BCUT2D eigenvalue weighted by Gasteiger charge is -2.30. The zero-order chi connectivity index (χ0) is 13.8. The van der Waals surface area contributed by atoms with Crippen molar-refractivity contribution in [3.63, 3.8) is 0 Å². The van der Waals surface area contributed by atoms with E-state index in [4.69, 9.17) is 5.73 Å². The minimum Gasteiger partial charge on any atom is -0.508 e. The lowest BCUT2D eigenvalue weighted by molar-refractivity contribution is -0.122. The van der Waals surface area contributed by atoms with Crippen LogP contribution in [0.15, 0.2) is 24.3 Å². The van der Waals surface area contributed by atoms with Crippen molar-refractivity contribution in [2.24, 2.45) is 11.7 Å². The highest BCUT2D eigenvalue weighted by molar-refractivity contribution is 5.89. The van der Waals surface area contributed by atoms with Gasteiger partial charge >= 0.3 is 6.03 Å². The van der Waals surface area contributed by atoms with Crippen LogP contribution in [0.4, 0.5) is 10.5 Å². The van der Waals surface area contributed by atoms with Crippen molar-refractivity contribution in [3.8, 4) is 5.75 Å². The Morgan fingerprint density at radius 3 is 2.58 bits per heavy atom. The van der Waals surface area contributed by atoms with Gasteiger partial charge in [0.05, 0.1) is 0 Å². The maximum Gasteiger partial charge on any atom is 0.321 e. The highest BCUT2D eigenvalue weighted by atomic mass is 16.3. The number of carbonyl (C=O) groups excluding carboxylic acids is 2. The van der Waals surface area contributed by atoms with Gasteiger partial charge in [0.2, 0.25) is 5.91 Å². The molecule has 1 aromatic rings. The number of benzene rings is 1. The number of carbonyl (C=O) groups is 2. The largest absolute Gasteiger partial charge is 0.508 e. The second kappa shape index (κ2) is 5.60. The van der Waals surface area contributed by atoms with E-state index in [0.717, 1.165) is 0 Å². The van der Waals surface area contributed by atoms with Crippen LogP contribution in [-0.4, -0.2) is 35.0 Å². The van der Waals surface area contributed by atoms with Crippen molar-refractivity contribution in [3.05, 3.63) is 24.3 Å². The third-order valence-corrected chi connectivity index (χ3v) is 3.28. The average Bonchev–Trinajstić information content (AvgIpc) is 2.39. The van der Waals surface area contributed by atoms with E-state index in [1.54, 1.807) is 17.0 Å². The highest BCUT2D eigenvalue weighted by Gasteiger charge is 2.25. The van der Waals surface area contributed by atoms with Crippen LogP contribution in [0.2, 0.25) is 0 Å². The van der Waals surface area contributed by atoms with Crippen molar-refractivity contribution in [2.75, 3.05) is 18.4 Å². The molecule has 0 radical (unpaired) electrons. The molecule has 1 saturated heterocycles. The van der Waals surface area contributed by atoms with Gasteiger partial charge in [-0.3, -0.25) is 4.79 Å². The van der Waals surface area contributed by atoms with Crippen LogP contribution < -0.4 is 11.1 Å². The Kier molecular flexibility index (Phi) is 3.89. The molecule has 0 atom stereocenters. The minimum atomic E-state index is -0.298. The Labute approximate surface area is 111 Å². The number of rotatable bonds is 2. The van der Waals surface area contributed by atoms with Gasteiger partial charge in [-0.05, 0) is 25.0 Å². The summed E-state index contributed by atoms with van der Waals surface area (Å²) in [6.07, 6.45) is 1.20. The molecule has 0 aliphatic carbocycles. The van der Waals surface area contributed by atoms with Crippen molar-refractivity contribution in [1.29, 1.82) is 0 Å². The molecule has 0 spiro atoms. The molecule has 1 aromatic carbocycles. The van der Waals surface area contributed by atoms with Crippen LogP contribution in [0.1, 0.15) is 12.8 Å². The second-order valence-corrected chi connectivity index (χ2v) is 4.64. The lowest BCUT2D eigenvalue weighted by atomic mass is 9.96. The molecule has 0 unspecified atom stereocenters. The Morgan fingerprint density at radius 1 is 1.32 bits per heavy atom. The number of nitrogens with two attached hydrogens (primary N) is 1. The number of urea groups is 1. The highest BCUT2D eigenvalue weighted by Crippen LogP contribution is 2.19. The Balaban J connectivity index is 1.90. The van der Waals surface area contributed by atoms with Crippen molar-refractivity contribution in [1.82, 2.24) is 4.90 Å². The van der Waals surface area contributed by atoms with Gasteiger partial charge in [0.1, 0.15) is 5.75 Å². The van der Waals surface area contributed by atoms with Gasteiger partial charge in [-0.2, -0.15) is 0 Å². The first kappa shape index (κ1) is 13.2. The van der Waals surface area contributed by atoms with Crippen LogP contribution in [0.3, 0.4) is 0 Å². The molecule has 1 aliphatic heterocycles. The molecular formula is C13H17N3O3. The average molecular weight is 263 g/mol. The van der Waals surface area contributed by atoms with E-state index in [1.807, 2.05) is 0 Å². The van der Waals surface area contributed by atoms with E-state index in [1.165, 1.54) is 12.1 Å². The summed E-state index contributed by atoms with van der Waals surface area (Å²) in [4.78, 5) is 24.6. The van der Waals surface area contributed by atoms with Crippen LogP contribution in [-0.2, 0) is 4.79 Å². The monoisotopic (exact) mass is 263 g/mol. The topological polar surface area (TPSA) is 95.7 Å². The second-order valence-electron chi connectivity index (χ2n) is 4.64. The Hall–Kier alpha value is -2.24. The Bertz CT molecular complexity index is 482. The molecule has 0 aromatic heterocycles. The number of primary amides is 1. The molecule has 1 heterocycles. The summed E-state index contributed by atoms with van der Waals surface area (Å²) in [5, 5.41) is 12.0. The number of amides is 3. The molecule has 1 aliphatic rings. The number of nitrogens with zero attached hydrogens (tertiary/aromatic N) is 1. The summed E-state index contributed by atoms with van der Waals surface area (Å²) in [6.45, 7) is 1.02. The summed E-state index contributed by atoms with van der Waals surface area (Å²) in [5.74, 6) is -0.330. The molecule has 3 amide bonds. The fourth-order valence-electron chi connectivity index (χ4n) is 2.15. The zero-order valence-corrected chi connectivity index (χ0v) is 10.5. The summed E-state index contributed by atoms with van der Waals surface area (Å²) >= 11 is 0. The molecule has 4 N–H and O–H groups in total. The van der Waals surface area contributed by atoms with E-state index in [0.29, 0.717) is 31.6 Å². The molecule has 2 rings (SSSR count). The Morgan fingerprint density at radius 2 is 2.00 bits per heavy atom. The van der Waals surface area contributed by atoms with Crippen LogP contribution in [0.25, 0.3) is 0 Å². The van der Waals surface area contributed by atoms with Gasteiger partial charge < -0.3 is 21.1 Å². The molecule has 102 valence electrons. The molecule has 0 bridgehead atoms. The van der Waals surface area contributed by atoms with Crippen LogP contribution >= 0.6 is 0 Å². The molecule has 19 heavy (non-hydrogen) atoms. The number of nitrogens with one attached hydrogen (secondary N) is 1. The third-order valence-electron chi connectivity index (χ3n) is 3.28. The summed E-state index contributed by atoms with van der Waals surface area (Å²) in [6, 6.07) is 6.15. The van der Waals surface area contributed by atoms with E-state index >= 15 is 0 Å². The summed E-state index contributed by atoms with van der Waals surface area (Å²) in [5.41, 5.74) is 5.79. The van der Waals surface area contributed by atoms with E-state index in [9.17, 15) is 14.7 Å². The number of anilines is 1. The number of phenols is 1. The van der Waals surface area contributed by atoms with E-state index < -0.39 is 0 Å². The first-order valence-electron chi connectivity index (χ1n) is 6.20. The maximum absolute atomic E-state index is 12.0. The molecule has 0 saturated carbocycles. The van der Waals surface area contributed by atoms with Crippen molar-refractivity contribution < 1.29 is 14.7 Å². The van der Waals surface area contributed by atoms with E-state index in [-0.39, 0.29) is 23.6 Å². The van der Waals surface area contributed by atoms with Crippen molar-refractivity contribution >= 4 is 17.6 Å². The normalized spacial score (nSPS) is 16.1. The number of likely N-dealkylation sites (tertiary alicyclic amines) is 1. The number of piperidine rings is 1. The van der Waals surface area contributed by atoms with Gasteiger partial charge in [0.25, 0.3) is 0 Å². The molecule has 6 nitrogen and oxygen atoms in total. The number of hydrogen-bond donors (Lipinski definition) is 3. The smallest absolute Gasteiger partial charge is 0.321 e. The maximum atomic E-state index is 12.0. The van der Waals surface area contributed by atoms with E-state index in [2.05, 4.69) is 5.32 Å². The summed E-state index contributed by atoms with van der Waals surface area (Å²) < 4.78 is 0. The SMILES string of the molecule is NC(=O)C1CCN(C(=O)Nc2cccc(O)c2)CC1. The zero-order valence-electron chi connectivity index (χ0n) is 10.5. The fourth-order valence-corrected chi connectivity index (χ4v) is 2.15. The molecular weight excluding hydrogens is 246 g/mol. The number of hydrogen-bond acceptors (Lipinski definition) is 3. The lowest BCUT2D eigenvalue weighted by Crippen LogP contribution is -2.43. The quantitative estimate of drug-likeness (QED) is 0.746. The predicted molar refractivity (Wildman–Crippen MR) is 70.6 cm³/mol. The first-order valence-corrected chi connectivity index (χ1v) is 6.20. The number of aromatic hydroxyl groups is 1. The van der Waals surface area contributed by atoms with Gasteiger partial charge in [0.15, 0.2) is 0 Å². The van der Waals surface area contributed by atoms with Gasteiger partial charge in [0, 0.05) is 30.8 Å². The van der Waals surface area contributed by atoms with Gasteiger partial charge in [-0.25, -0.2) is 4.79 Å². The predicted octanol–water partition coefficient (Wildman–Crippen LogP) is 1.12.